The van der Waals surface area contributed by atoms with Gasteiger partial charge >= 0.3 is 5.97 Å². The average Bonchev–Trinajstić information content (AvgIpc) is 3.43. The van der Waals surface area contributed by atoms with E-state index >= 15 is 0 Å². The molecule has 1 amide bonds. The topological polar surface area (TPSA) is 83.2 Å². The van der Waals surface area contributed by atoms with Crippen molar-refractivity contribution in [3.8, 4) is 11.8 Å². The number of anilines is 1. The van der Waals surface area contributed by atoms with E-state index in [-0.39, 0.29) is 24.1 Å². The Labute approximate surface area is 173 Å². The van der Waals surface area contributed by atoms with Crippen molar-refractivity contribution < 1.29 is 18.7 Å². The molecule has 3 N–H and O–H groups in total. The Balaban J connectivity index is 1.77. The predicted molar refractivity (Wildman–Crippen MR) is 112 cm³/mol. The van der Waals surface area contributed by atoms with Crippen LogP contribution in [0.5, 0.6) is 0 Å². The highest BCUT2D eigenvalue weighted by molar-refractivity contribution is 6.35. The summed E-state index contributed by atoms with van der Waals surface area (Å²) >= 11 is 0. The summed E-state index contributed by atoms with van der Waals surface area (Å²) < 4.78 is 19.7. The summed E-state index contributed by atoms with van der Waals surface area (Å²) in [7, 11) is 0. The zero-order chi connectivity index (χ0) is 21.3. The molecule has 4 rings (SSSR count). The monoisotopic (exact) mass is 407 g/mol. The number of H-pyrrole nitrogens is 1. The minimum absolute atomic E-state index is 0.0236. The Bertz CT molecular complexity index is 1110. The van der Waals surface area contributed by atoms with E-state index in [4.69, 9.17) is 4.74 Å². The molecule has 2 aromatic rings. The van der Waals surface area contributed by atoms with Crippen LogP contribution in [0.1, 0.15) is 52.5 Å². The summed E-state index contributed by atoms with van der Waals surface area (Å²) in [5.41, 5.74) is 3.09. The zero-order valence-electron chi connectivity index (χ0n) is 16.8. The highest BCUT2D eigenvalue weighted by atomic mass is 19.1. The molecule has 0 bridgehead atoms. The summed E-state index contributed by atoms with van der Waals surface area (Å²) in [5, 5.41) is 6.03. The van der Waals surface area contributed by atoms with Crippen molar-refractivity contribution >= 4 is 29.2 Å². The van der Waals surface area contributed by atoms with Gasteiger partial charge in [0.15, 0.2) is 0 Å². The minimum Gasteiger partial charge on any atom is -0.462 e. The molecule has 1 atom stereocenters. The maximum atomic E-state index is 14.7. The van der Waals surface area contributed by atoms with Crippen molar-refractivity contribution in [1.29, 1.82) is 0 Å². The first-order valence-electron chi connectivity index (χ1n) is 9.95. The largest absolute Gasteiger partial charge is 0.462 e. The molecule has 0 unspecified atom stereocenters. The number of aromatic amines is 1. The van der Waals surface area contributed by atoms with Crippen LogP contribution < -0.4 is 10.6 Å². The fourth-order valence-corrected chi connectivity index (χ4v) is 3.72. The van der Waals surface area contributed by atoms with E-state index in [2.05, 4.69) is 27.5 Å². The number of halogens is 1. The van der Waals surface area contributed by atoms with Gasteiger partial charge in [-0.1, -0.05) is 11.8 Å². The number of benzene rings is 1. The van der Waals surface area contributed by atoms with Gasteiger partial charge in [-0.15, -0.1) is 0 Å². The van der Waals surface area contributed by atoms with E-state index in [1.54, 1.807) is 26.1 Å². The smallest absolute Gasteiger partial charge is 0.339 e. The molecule has 0 spiro atoms. The standard InChI is InChI=1S/C23H22FN3O3/c1-3-30-23(29)17-12-26-20(13(17)2)11-16-21-15(7-6-14-5-4-10-25-14)18(24)8-9-19(21)27-22(16)28/h8-9,11-12,14,25-26H,3-5,10H2,1-2H3,(H,27,28)/t14-/m0/s1. The molecule has 1 aromatic heterocycles. The summed E-state index contributed by atoms with van der Waals surface area (Å²) in [6, 6.07) is 2.87. The molecule has 2 aliphatic rings. The maximum absolute atomic E-state index is 14.7. The van der Waals surface area contributed by atoms with E-state index in [9.17, 15) is 14.0 Å². The molecule has 1 saturated heterocycles. The summed E-state index contributed by atoms with van der Waals surface area (Å²) in [5.74, 6) is 4.76. The van der Waals surface area contributed by atoms with Gasteiger partial charge < -0.3 is 20.4 Å². The molecule has 0 radical (unpaired) electrons. The van der Waals surface area contributed by atoms with Gasteiger partial charge in [0, 0.05) is 17.5 Å². The van der Waals surface area contributed by atoms with Gasteiger partial charge in [-0.05, 0) is 57.0 Å². The highest BCUT2D eigenvalue weighted by Crippen LogP contribution is 2.37. The molecule has 154 valence electrons. The van der Waals surface area contributed by atoms with Crippen LogP contribution in [0.2, 0.25) is 0 Å². The predicted octanol–water partition coefficient (Wildman–Crippen LogP) is 3.24. The van der Waals surface area contributed by atoms with E-state index < -0.39 is 11.8 Å². The molecule has 6 nitrogen and oxygen atoms in total. The lowest BCUT2D eigenvalue weighted by Gasteiger charge is -2.05. The van der Waals surface area contributed by atoms with Gasteiger partial charge in [-0.25, -0.2) is 9.18 Å². The second-order valence-electron chi connectivity index (χ2n) is 7.24. The van der Waals surface area contributed by atoms with Crippen LogP contribution in [0.25, 0.3) is 11.6 Å². The van der Waals surface area contributed by atoms with Crippen molar-refractivity contribution in [3.05, 3.63) is 52.1 Å². The number of aromatic nitrogens is 1. The van der Waals surface area contributed by atoms with E-state index in [1.807, 2.05) is 0 Å². The molecular formula is C23H22FN3O3. The Morgan fingerprint density at radius 2 is 2.23 bits per heavy atom. The van der Waals surface area contributed by atoms with Crippen molar-refractivity contribution in [2.75, 3.05) is 18.5 Å². The summed E-state index contributed by atoms with van der Waals surface area (Å²) in [4.78, 5) is 27.7. The Morgan fingerprint density at radius 3 is 2.97 bits per heavy atom. The van der Waals surface area contributed by atoms with Crippen LogP contribution in [-0.4, -0.2) is 36.1 Å². The van der Waals surface area contributed by atoms with Crippen LogP contribution in [0.3, 0.4) is 0 Å². The van der Waals surface area contributed by atoms with Crippen molar-refractivity contribution in [3.63, 3.8) is 0 Å². The van der Waals surface area contributed by atoms with Gasteiger partial charge in [0.1, 0.15) is 5.82 Å². The number of hydrogen-bond donors (Lipinski definition) is 3. The van der Waals surface area contributed by atoms with E-state index in [0.29, 0.717) is 33.6 Å². The lowest BCUT2D eigenvalue weighted by atomic mass is 9.98. The Hall–Kier alpha value is -3.37. The number of fused-ring (bicyclic) bond motifs is 1. The number of rotatable bonds is 3. The number of nitrogens with one attached hydrogen (secondary N) is 3. The lowest BCUT2D eigenvalue weighted by molar-refractivity contribution is -0.110. The van der Waals surface area contributed by atoms with Crippen molar-refractivity contribution in [2.45, 2.75) is 32.7 Å². The van der Waals surface area contributed by atoms with E-state index in [1.165, 1.54) is 12.1 Å². The van der Waals surface area contributed by atoms with Gasteiger partial charge in [-0.2, -0.15) is 0 Å². The number of ether oxygens (including phenoxy) is 1. The normalized spacial score (nSPS) is 18.7. The second kappa shape index (κ2) is 8.17. The molecule has 2 aliphatic heterocycles. The molecular weight excluding hydrogens is 385 g/mol. The van der Waals surface area contributed by atoms with Gasteiger partial charge in [0.25, 0.3) is 5.91 Å². The highest BCUT2D eigenvalue weighted by Gasteiger charge is 2.29. The van der Waals surface area contributed by atoms with Gasteiger partial charge in [-0.3, -0.25) is 4.79 Å². The number of carbonyl (C=O) groups is 2. The third-order valence-electron chi connectivity index (χ3n) is 5.31. The Morgan fingerprint density at radius 1 is 1.40 bits per heavy atom. The average molecular weight is 407 g/mol. The fraction of sp³-hybridized carbons (Fsp3) is 0.304. The van der Waals surface area contributed by atoms with Gasteiger partial charge in [0.2, 0.25) is 0 Å². The van der Waals surface area contributed by atoms with Gasteiger partial charge in [0.05, 0.1) is 35.0 Å². The Kier molecular flexibility index (Phi) is 5.42. The number of carbonyl (C=O) groups excluding carboxylic acids is 2. The molecule has 1 fully saturated rings. The van der Waals surface area contributed by atoms with Crippen LogP contribution in [-0.2, 0) is 9.53 Å². The van der Waals surface area contributed by atoms with E-state index in [0.717, 1.165) is 19.4 Å². The molecule has 0 aliphatic carbocycles. The SMILES string of the molecule is CCOC(=O)c1c[nH]c(C=C2C(=O)Nc3ccc(F)c(C#C[C@@H]4CCCN4)c32)c1C. The molecule has 7 heteroatoms. The number of esters is 1. The summed E-state index contributed by atoms with van der Waals surface area (Å²) in [6.45, 7) is 4.67. The quantitative estimate of drug-likeness (QED) is 0.414. The van der Waals surface area contributed by atoms with Crippen molar-refractivity contribution in [2.24, 2.45) is 0 Å². The third-order valence-corrected chi connectivity index (χ3v) is 5.31. The lowest BCUT2D eigenvalue weighted by Crippen LogP contribution is -2.18. The molecule has 1 aromatic carbocycles. The molecule has 3 heterocycles. The summed E-state index contributed by atoms with van der Waals surface area (Å²) in [6.07, 6.45) is 5.12. The molecule has 0 saturated carbocycles. The zero-order valence-corrected chi connectivity index (χ0v) is 16.8. The van der Waals surface area contributed by atoms with Crippen molar-refractivity contribution in [1.82, 2.24) is 10.3 Å². The van der Waals surface area contributed by atoms with Crippen LogP contribution in [0.15, 0.2) is 18.3 Å². The number of amides is 1. The first-order chi connectivity index (χ1) is 14.5. The molecule has 30 heavy (non-hydrogen) atoms. The van der Waals surface area contributed by atoms with Crippen LogP contribution in [0, 0.1) is 24.6 Å². The minimum atomic E-state index is -0.475. The first-order valence-corrected chi connectivity index (χ1v) is 9.95. The third kappa shape index (κ3) is 3.62. The maximum Gasteiger partial charge on any atom is 0.339 e. The first kappa shape index (κ1) is 19.9. The number of hydrogen-bond acceptors (Lipinski definition) is 4. The second-order valence-corrected chi connectivity index (χ2v) is 7.24. The van der Waals surface area contributed by atoms with Crippen LogP contribution in [0.4, 0.5) is 10.1 Å². The fourth-order valence-electron chi connectivity index (χ4n) is 3.72. The van der Waals surface area contributed by atoms with Crippen LogP contribution >= 0.6 is 0 Å².